The molecule has 1 fully saturated rings. The highest BCUT2D eigenvalue weighted by atomic mass is 32.2. The molecule has 0 radical (unpaired) electrons. The number of aromatic nitrogens is 2. The summed E-state index contributed by atoms with van der Waals surface area (Å²) < 4.78 is 27.0. The number of likely N-dealkylation sites (tertiary alicyclic amines) is 1. The smallest absolute Gasteiger partial charge is 0.320 e. The summed E-state index contributed by atoms with van der Waals surface area (Å²) in [6.45, 7) is 3.93. The highest BCUT2D eigenvalue weighted by Crippen LogP contribution is 2.21. The maximum Gasteiger partial charge on any atom is 0.320 e. The van der Waals surface area contributed by atoms with Gasteiger partial charge in [0, 0.05) is 38.9 Å². The van der Waals surface area contributed by atoms with Crippen LogP contribution in [-0.2, 0) is 23.1 Å². The van der Waals surface area contributed by atoms with E-state index in [1.54, 1.807) is 6.20 Å². The van der Waals surface area contributed by atoms with Crippen molar-refractivity contribution < 1.29 is 13.2 Å². The Morgan fingerprint density at radius 3 is 2.75 bits per heavy atom. The molecule has 2 aliphatic heterocycles. The lowest BCUT2D eigenvalue weighted by molar-refractivity contribution is 0.151. The van der Waals surface area contributed by atoms with Gasteiger partial charge >= 0.3 is 6.03 Å². The van der Waals surface area contributed by atoms with Gasteiger partial charge in [-0.15, -0.1) is 0 Å². The molecule has 1 saturated heterocycles. The number of nitrogens with zero attached hydrogens (tertiary/aromatic N) is 4. The molecule has 0 saturated carbocycles. The van der Waals surface area contributed by atoms with Crippen LogP contribution in [0.15, 0.2) is 12.3 Å². The Kier molecular flexibility index (Phi) is 5.09. The molecule has 0 bridgehead atoms. The van der Waals surface area contributed by atoms with Crippen LogP contribution in [0.5, 0.6) is 0 Å². The van der Waals surface area contributed by atoms with Crippen molar-refractivity contribution in [2.24, 2.45) is 5.92 Å². The van der Waals surface area contributed by atoms with Gasteiger partial charge < -0.3 is 9.80 Å². The van der Waals surface area contributed by atoms with Crippen LogP contribution < -0.4 is 4.72 Å². The third kappa shape index (κ3) is 4.27. The number of urea groups is 1. The topological polar surface area (TPSA) is 87.5 Å². The third-order valence-corrected chi connectivity index (χ3v) is 5.36. The molecule has 1 aromatic heterocycles. The van der Waals surface area contributed by atoms with Gasteiger partial charge in [-0.2, -0.15) is 5.10 Å². The number of hydrogen-bond donors (Lipinski definition) is 1. The van der Waals surface area contributed by atoms with Crippen LogP contribution in [0.25, 0.3) is 0 Å². The third-order valence-electron chi connectivity index (χ3n) is 4.63. The lowest BCUT2D eigenvalue weighted by atomic mass is 10.1. The molecule has 0 unspecified atom stereocenters. The van der Waals surface area contributed by atoms with Crippen molar-refractivity contribution in [3.63, 3.8) is 0 Å². The molecule has 134 valence electrons. The molecule has 2 amide bonds. The number of nitrogens with one attached hydrogen (secondary N) is 1. The molecule has 8 nitrogen and oxygen atoms in total. The zero-order chi connectivity index (χ0) is 17.2. The predicted molar refractivity (Wildman–Crippen MR) is 89.8 cm³/mol. The summed E-state index contributed by atoms with van der Waals surface area (Å²) in [4.78, 5) is 16.6. The fourth-order valence-corrected chi connectivity index (χ4v) is 3.91. The van der Waals surface area contributed by atoms with E-state index in [1.165, 1.54) is 0 Å². The zero-order valence-electron chi connectivity index (χ0n) is 14.0. The fourth-order valence-electron chi connectivity index (χ4n) is 3.42. The van der Waals surface area contributed by atoms with Gasteiger partial charge in [-0.3, -0.25) is 4.68 Å². The minimum Gasteiger partial charge on any atom is -0.325 e. The molecule has 1 atom stereocenters. The molecule has 0 aromatic carbocycles. The quantitative estimate of drug-likeness (QED) is 0.850. The zero-order valence-corrected chi connectivity index (χ0v) is 14.8. The summed E-state index contributed by atoms with van der Waals surface area (Å²) in [6.07, 6.45) is 5.73. The second-order valence-corrected chi connectivity index (χ2v) is 8.52. The molecule has 1 aromatic rings. The molecule has 0 spiro atoms. The van der Waals surface area contributed by atoms with E-state index in [9.17, 15) is 13.2 Å². The molecule has 2 aliphatic rings. The highest BCUT2D eigenvalue weighted by molar-refractivity contribution is 7.88. The molecule has 1 N–H and O–H groups in total. The maximum atomic E-state index is 12.8. The summed E-state index contributed by atoms with van der Waals surface area (Å²) in [5.74, 6) is 0.173. The highest BCUT2D eigenvalue weighted by Gasteiger charge is 2.29. The average molecular weight is 355 g/mol. The number of sulfonamides is 1. The first-order valence-corrected chi connectivity index (χ1v) is 10.3. The van der Waals surface area contributed by atoms with Gasteiger partial charge in [0.1, 0.15) is 0 Å². The molecule has 3 heterocycles. The van der Waals surface area contributed by atoms with E-state index in [2.05, 4.69) is 9.82 Å². The second-order valence-electron chi connectivity index (χ2n) is 6.68. The standard InChI is InChI=1S/C15H25N5O3S/c1-24(22,23)17-7-4-13-10-19(15(21)18-8-2-3-9-18)12-14-5-6-16-20(14)11-13/h5-6,13,17H,2-4,7-12H2,1H3/t13-/m0/s1. The van der Waals surface area contributed by atoms with Crippen LogP contribution in [0.4, 0.5) is 4.79 Å². The van der Waals surface area contributed by atoms with Crippen molar-refractivity contribution in [2.45, 2.75) is 32.4 Å². The molecule has 3 rings (SSSR count). The molecule has 9 heteroatoms. The average Bonchev–Trinajstić information content (AvgIpc) is 3.14. The largest absolute Gasteiger partial charge is 0.325 e. The Labute approximate surface area is 142 Å². The first-order chi connectivity index (χ1) is 11.4. The number of fused-ring (bicyclic) bond motifs is 1. The Balaban J connectivity index is 1.69. The Hall–Kier alpha value is -1.61. The summed E-state index contributed by atoms with van der Waals surface area (Å²) in [5, 5.41) is 4.34. The van der Waals surface area contributed by atoms with Crippen LogP contribution in [0.2, 0.25) is 0 Å². The maximum absolute atomic E-state index is 12.8. The summed E-state index contributed by atoms with van der Waals surface area (Å²) in [7, 11) is -3.19. The first kappa shape index (κ1) is 17.2. The first-order valence-electron chi connectivity index (χ1n) is 8.41. The van der Waals surface area contributed by atoms with Crippen LogP contribution in [0, 0.1) is 5.92 Å². The minimum atomic E-state index is -3.19. The summed E-state index contributed by atoms with van der Waals surface area (Å²) in [6, 6.07) is 2.03. The monoisotopic (exact) mass is 355 g/mol. The number of hydrogen-bond acceptors (Lipinski definition) is 4. The fraction of sp³-hybridized carbons (Fsp3) is 0.733. The van der Waals surface area contributed by atoms with Crippen molar-refractivity contribution in [1.82, 2.24) is 24.3 Å². The van der Waals surface area contributed by atoms with E-state index in [1.807, 2.05) is 20.5 Å². The van der Waals surface area contributed by atoms with Crippen molar-refractivity contribution in [3.8, 4) is 0 Å². The van der Waals surface area contributed by atoms with E-state index < -0.39 is 10.0 Å². The predicted octanol–water partition coefficient (Wildman–Crippen LogP) is 0.470. The normalized spacial score (nSPS) is 21.6. The second kappa shape index (κ2) is 7.10. The van der Waals surface area contributed by atoms with Gasteiger partial charge in [-0.05, 0) is 31.2 Å². The lowest BCUT2D eigenvalue weighted by Gasteiger charge is -2.28. The molecular weight excluding hydrogens is 330 g/mol. The SMILES string of the molecule is CS(=O)(=O)NCC[C@H]1CN(C(=O)N2CCCC2)Cc2ccnn2C1. The molecule has 0 aliphatic carbocycles. The van der Waals surface area contributed by atoms with Gasteiger partial charge in [-0.1, -0.05) is 0 Å². The minimum absolute atomic E-state index is 0.0863. The molecule has 24 heavy (non-hydrogen) atoms. The Morgan fingerprint density at radius 1 is 1.29 bits per heavy atom. The van der Waals surface area contributed by atoms with Crippen molar-refractivity contribution in [2.75, 3.05) is 32.4 Å². The van der Waals surface area contributed by atoms with E-state index >= 15 is 0 Å². The number of carbonyl (C=O) groups excluding carboxylic acids is 1. The lowest BCUT2D eigenvalue weighted by Crippen LogP contribution is -2.43. The van der Waals surface area contributed by atoms with Gasteiger partial charge in [-0.25, -0.2) is 17.9 Å². The van der Waals surface area contributed by atoms with Crippen LogP contribution in [0.3, 0.4) is 0 Å². The number of rotatable bonds is 4. The van der Waals surface area contributed by atoms with E-state index in [0.29, 0.717) is 32.6 Å². The number of carbonyl (C=O) groups is 1. The van der Waals surface area contributed by atoms with Crippen molar-refractivity contribution >= 4 is 16.1 Å². The van der Waals surface area contributed by atoms with E-state index in [-0.39, 0.29) is 11.9 Å². The number of amides is 2. The van der Waals surface area contributed by atoms with E-state index in [4.69, 9.17) is 0 Å². The van der Waals surface area contributed by atoms with E-state index in [0.717, 1.165) is 37.9 Å². The van der Waals surface area contributed by atoms with Gasteiger partial charge in [0.15, 0.2) is 0 Å². The van der Waals surface area contributed by atoms with Crippen LogP contribution >= 0.6 is 0 Å². The summed E-state index contributed by atoms with van der Waals surface area (Å²) in [5.41, 5.74) is 1.03. The van der Waals surface area contributed by atoms with Gasteiger partial charge in [0.25, 0.3) is 0 Å². The van der Waals surface area contributed by atoms with Gasteiger partial charge in [0.2, 0.25) is 10.0 Å². The van der Waals surface area contributed by atoms with Gasteiger partial charge in [0.05, 0.1) is 18.5 Å². The van der Waals surface area contributed by atoms with Crippen LogP contribution in [-0.4, -0.2) is 66.5 Å². The Morgan fingerprint density at radius 2 is 2.04 bits per heavy atom. The molecular formula is C15H25N5O3S. The summed E-state index contributed by atoms with van der Waals surface area (Å²) >= 11 is 0. The van der Waals surface area contributed by atoms with Crippen LogP contribution in [0.1, 0.15) is 25.0 Å². The Bertz CT molecular complexity index is 681. The van der Waals surface area contributed by atoms with Crippen molar-refractivity contribution in [1.29, 1.82) is 0 Å². The van der Waals surface area contributed by atoms with Crippen molar-refractivity contribution in [3.05, 3.63) is 18.0 Å².